The number of hydrogen-bond acceptors (Lipinski definition) is 4. The second-order valence-corrected chi connectivity index (χ2v) is 7.73. The van der Waals surface area contributed by atoms with Gasteiger partial charge in [0.05, 0.1) is 23.0 Å². The summed E-state index contributed by atoms with van der Waals surface area (Å²) >= 11 is 0. The molecule has 6 nitrogen and oxygen atoms in total. The first-order valence-electron chi connectivity index (χ1n) is 10.3. The van der Waals surface area contributed by atoms with Crippen molar-refractivity contribution in [2.45, 2.75) is 6.54 Å². The minimum atomic E-state index is -0.311. The van der Waals surface area contributed by atoms with Crippen molar-refractivity contribution >= 4 is 16.8 Å². The van der Waals surface area contributed by atoms with E-state index < -0.39 is 0 Å². The van der Waals surface area contributed by atoms with Crippen LogP contribution in [-0.2, 0) is 6.54 Å². The van der Waals surface area contributed by atoms with Crippen molar-refractivity contribution in [1.29, 1.82) is 0 Å². The zero-order chi connectivity index (χ0) is 21.2. The molecule has 156 valence electrons. The van der Waals surface area contributed by atoms with Crippen LogP contribution in [0.4, 0.5) is 4.39 Å². The molecule has 0 atom stereocenters. The molecule has 0 spiro atoms. The maximum absolute atomic E-state index is 13.2. The Morgan fingerprint density at radius 3 is 2.58 bits per heavy atom. The number of carbonyl (C=O) groups excluding carboxylic acids is 1. The fourth-order valence-electron chi connectivity index (χ4n) is 4.10. The molecule has 0 bridgehead atoms. The molecule has 3 heterocycles. The molecule has 0 aliphatic carbocycles. The Morgan fingerprint density at radius 1 is 1.00 bits per heavy atom. The third-order valence-electron chi connectivity index (χ3n) is 5.77. The molecular formula is C24H22FN5O. The number of piperazine rings is 1. The molecule has 1 amide bonds. The van der Waals surface area contributed by atoms with Gasteiger partial charge in [-0.15, -0.1) is 0 Å². The van der Waals surface area contributed by atoms with Crippen LogP contribution in [0.3, 0.4) is 0 Å². The summed E-state index contributed by atoms with van der Waals surface area (Å²) in [6.07, 6.45) is 3.38. The number of carbonyl (C=O) groups is 1. The molecule has 2 aromatic heterocycles. The largest absolute Gasteiger partial charge is 0.336 e. The molecule has 2 aromatic carbocycles. The molecular weight excluding hydrogens is 393 g/mol. The van der Waals surface area contributed by atoms with E-state index in [4.69, 9.17) is 0 Å². The molecule has 31 heavy (non-hydrogen) atoms. The fourth-order valence-corrected chi connectivity index (χ4v) is 4.10. The number of benzene rings is 2. The molecule has 0 unspecified atom stereocenters. The highest BCUT2D eigenvalue weighted by atomic mass is 19.1. The molecule has 0 saturated carbocycles. The molecule has 1 fully saturated rings. The van der Waals surface area contributed by atoms with E-state index in [9.17, 15) is 9.18 Å². The highest BCUT2D eigenvalue weighted by Crippen LogP contribution is 2.24. The Balaban J connectivity index is 1.26. The number of H-pyrrole nitrogens is 1. The number of nitrogens with zero attached hydrogens (tertiary/aromatic N) is 4. The van der Waals surface area contributed by atoms with Gasteiger partial charge < -0.3 is 4.90 Å². The van der Waals surface area contributed by atoms with Crippen molar-refractivity contribution in [2.24, 2.45) is 0 Å². The van der Waals surface area contributed by atoms with Gasteiger partial charge in [-0.05, 0) is 35.9 Å². The van der Waals surface area contributed by atoms with E-state index in [0.717, 1.165) is 36.1 Å². The van der Waals surface area contributed by atoms with Gasteiger partial charge in [-0.3, -0.25) is 19.8 Å². The Labute approximate surface area is 179 Å². The predicted molar refractivity (Wildman–Crippen MR) is 117 cm³/mol. The van der Waals surface area contributed by atoms with Crippen LogP contribution in [0.5, 0.6) is 0 Å². The van der Waals surface area contributed by atoms with Crippen molar-refractivity contribution in [3.63, 3.8) is 0 Å². The summed E-state index contributed by atoms with van der Waals surface area (Å²) in [5.74, 6) is -0.367. The van der Waals surface area contributed by atoms with Crippen molar-refractivity contribution in [1.82, 2.24) is 25.0 Å². The second-order valence-electron chi connectivity index (χ2n) is 7.73. The number of halogens is 1. The van der Waals surface area contributed by atoms with Crippen LogP contribution >= 0.6 is 0 Å². The highest BCUT2D eigenvalue weighted by molar-refractivity contribution is 5.99. The molecule has 7 heteroatoms. The Bertz CT molecular complexity index is 1210. The maximum Gasteiger partial charge on any atom is 0.257 e. The van der Waals surface area contributed by atoms with Gasteiger partial charge in [0, 0.05) is 49.9 Å². The average Bonchev–Trinajstić information content (AvgIpc) is 3.30. The predicted octanol–water partition coefficient (Wildman–Crippen LogP) is 3.72. The van der Waals surface area contributed by atoms with Crippen LogP contribution in [0, 0.1) is 5.82 Å². The number of fused-ring (bicyclic) bond motifs is 1. The summed E-state index contributed by atoms with van der Waals surface area (Å²) < 4.78 is 13.2. The van der Waals surface area contributed by atoms with Crippen LogP contribution in [0.1, 0.15) is 15.9 Å². The zero-order valence-corrected chi connectivity index (χ0v) is 17.0. The lowest BCUT2D eigenvalue weighted by atomic mass is 10.1. The van der Waals surface area contributed by atoms with Gasteiger partial charge in [0.25, 0.3) is 5.91 Å². The first kappa shape index (κ1) is 19.4. The van der Waals surface area contributed by atoms with E-state index >= 15 is 0 Å². The molecule has 4 aromatic rings. The maximum atomic E-state index is 13.2. The summed E-state index contributed by atoms with van der Waals surface area (Å²) in [4.78, 5) is 21.9. The number of para-hydroxylation sites is 1. The van der Waals surface area contributed by atoms with Crippen LogP contribution in [0.2, 0.25) is 0 Å². The minimum Gasteiger partial charge on any atom is -0.336 e. The lowest BCUT2D eigenvalue weighted by molar-refractivity contribution is 0.0629. The van der Waals surface area contributed by atoms with E-state index in [1.807, 2.05) is 17.2 Å². The zero-order valence-electron chi connectivity index (χ0n) is 17.0. The SMILES string of the molecule is O=C(c1cn[nH]c1-c1ccc(F)cc1)N1CCN(Cc2cccc3cccnc23)CC1. The van der Waals surface area contributed by atoms with Crippen LogP contribution < -0.4 is 0 Å². The topological polar surface area (TPSA) is 65.1 Å². The first-order valence-corrected chi connectivity index (χ1v) is 10.3. The average molecular weight is 415 g/mol. The van der Waals surface area contributed by atoms with Gasteiger partial charge in [-0.25, -0.2) is 4.39 Å². The smallest absolute Gasteiger partial charge is 0.257 e. The monoisotopic (exact) mass is 415 g/mol. The Morgan fingerprint density at radius 2 is 1.77 bits per heavy atom. The van der Waals surface area contributed by atoms with Crippen LogP contribution in [0.25, 0.3) is 22.2 Å². The number of pyridine rings is 1. The molecule has 0 radical (unpaired) electrons. The minimum absolute atomic E-state index is 0.0560. The summed E-state index contributed by atoms with van der Waals surface area (Å²) in [7, 11) is 0. The van der Waals surface area contributed by atoms with E-state index in [-0.39, 0.29) is 11.7 Å². The first-order chi connectivity index (χ1) is 15.2. The number of hydrogen-bond donors (Lipinski definition) is 1. The van der Waals surface area contributed by atoms with Crippen molar-refractivity contribution in [2.75, 3.05) is 26.2 Å². The Hall–Kier alpha value is -3.58. The highest BCUT2D eigenvalue weighted by Gasteiger charge is 2.25. The molecule has 1 aliphatic heterocycles. The number of nitrogens with one attached hydrogen (secondary N) is 1. The van der Waals surface area contributed by atoms with E-state index in [2.05, 4.69) is 44.3 Å². The summed E-state index contributed by atoms with van der Waals surface area (Å²) in [5.41, 5.74) is 4.11. The third kappa shape index (κ3) is 3.92. The summed E-state index contributed by atoms with van der Waals surface area (Å²) in [6.45, 7) is 3.68. The summed E-state index contributed by atoms with van der Waals surface area (Å²) in [6, 6.07) is 16.3. The van der Waals surface area contributed by atoms with Gasteiger partial charge >= 0.3 is 0 Å². The van der Waals surface area contributed by atoms with Crippen LogP contribution in [-0.4, -0.2) is 57.1 Å². The summed E-state index contributed by atoms with van der Waals surface area (Å²) in [5, 5.41) is 8.08. The number of aromatic nitrogens is 3. The molecule has 1 aliphatic rings. The third-order valence-corrected chi connectivity index (χ3v) is 5.77. The normalized spacial score (nSPS) is 14.8. The van der Waals surface area contributed by atoms with E-state index in [1.165, 1.54) is 17.7 Å². The van der Waals surface area contributed by atoms with Crippen molar-refractivity contribution in [3.05, 3.63) is 83.9 Å². The van der Waals surface area contributed by atoms with Crippen LogP contribution in [0.15, 0.2) is 67.0 Å². The van der Waals surface area contributed by atoms with E-state index in [1.54, 1.807) is 18.3 Å². The number of rotatable bonds is 4. The second kappa shape index (κ2) is 8.28. The molecule has 5 rings (SSSR count). The standard InChI is InChI=1S/C24H22FN5O/c25-20-8-6-18(7-9-20)23-21(15-27-28-23)24(31)30-13-11-29(12-14-30)16-19-4-1-3-17-5-2-10-26-22(17)19/h1-10,15H,11-14,16H2,(H,27,28). The lowest BCUT2D eigenvalue weighted by Crippen LogP contribution is -2.48. The quantitative estimate of drug-likeness (QED) is 0.552. The Kier molecular flexibility index (Phi) is 5.18. The van der Waals surface area contributed by atoms with Crippen molar-refractivity contribution < 1.29 is 9.18 Å². The van der Waals surface area contributed by atoms with E-state index in [0.29, 0.717) is 24.3 Å². The lowest BCUT2D eigenvalue weighted by Gasteiger charge is -2.34. The number of amides is 1. The van der Waals surface area contributed by atoms with Crippen molar-refractivity contribution in [3.8, 4) is 11.3 Å². The molecule has 1 N–H and O–H groups in total. The van der Waals surface area contributed by atoms with Gasteiger partial charge in [0.1, 0.15) is 5.82 Å². The van der Waals surface area contributed by atoms with Gasteiger partial charge in [-0.1, -0.05) is 24.3 Å². The fraction of sp³-hybridized carbons (Fsp3) is 0.208. The van der Waals surface area contributed by atoms with Gasteiger partial charge in [0.15, 0.2) is 0 Å². The number of aromatic amines is 1. The van der Waals surface area contributed by atoms with Gasteiger partial charge in [0.2, 0.25) is 0 Å². The molecule has 1 saturated heterocycles. The van der Waals surface area contributed by atoms with Gasteiger partial charge in [-0.2, -0.15) is 5.10 Å².